The summed E-state index contributed by atoms with van der Waals surface area (Å²) in [7, 11) is 1.98. The largest absolute Gasteiger partial charge is 0.381 e. The Hall–Kier alpha value is -1.77. The van der Waals surface area contributed by atoms with E-state index in [1.165, 1.54) is 28.9 Å². The van der Waals surface area contributed by atoms with Gasteiger partial charge in [0.15, 0.2) is 0 Å². The molecule has 3 nitrogen and oxygen atoms in total. The number of nitrogens with one attached hydrogen (secondary N) is 1. The van der Waals surface area contributed by atoms with Gasteiger partial charge >= 0.3 is 0 Å². The van der Waals surface area contributed by atoms with Gasteiger partial charge in [0.2, 0.25) is 0 Å². The van der Waals surface area contributed by atoms with Crippen LogP contribution < -0.4 is 5.32 Å². The van der Waals surface area contributed by atoms with Crippen molar-refractivity contribution in [1.82, 2.24) is 9.78 Å². The van der Waals surface area contributed by atoms with Crippen LogP contribution in [0.25, 0.3) is 0 Å². The Labute approximate surface area is 122 Å². The number of aryl methyl sites for hydroxylation is 2. The van der Waals surface area contributed by atoms with Crippen molar-refractivity contribution >= 4 is 5.69 Å². The summed E-state index contributed by atoms with van der Waals surface area (Å²) in [6.07, 6.45) is 4.45. The molecule has 0 spiro atoms. The topological polar surface area (TPSA) is 29.9 Å². The maximum Gasteiger partial charge on any atom is 0.0699 e. The van der Waals surface area contributed by atoms with Crippen molar-refractivity contribution in [3.63, 3.8) is 0 Å². The van der Waals surface area contributed by atoms with E-state index in [9.17, 15) is 0 Å². The Morgan fingerprint density at radius 2 is 1.90 bits per heavy atom. The maximum absolute atomic E-state index is 4.54. The lowest BCUT2D eigenvalue weighted by molar-refractivity contribution is 0.712. The number of anilines is 1. The average molecular weight is 271 g/mol. The highest BCUT2D eigenvalue weighted by Crippen LogP contribution is 2.19. The molecule has 3 heteroatoms. The Balaban J connectivity index is 2.01. The van der Waals surface area contributed by atoms with Gasteiger partial charge in [0.1, 0.15) is 0 Å². The summed E-state index contributed by atoms with van der Waals surface area (Å²) in [5.74, 6) is 0.458. The summed E-state index contributed by atoms with van der Waals surface area (Å²) in [6.45, 7) is 7.41. The summed E-state index contributed by atoms with van der Waals surface area (Å²) >= 11 is 0. The zero-order valence-electron chi connectivity index (χ0n) is 13.0. The first-order valence-corrected chi connectivity index (χ1v) is 7.45. The zero-order valence-corrected chi connectivity index (χ0v) is 13.0. The molecule has 1 N–H and O–H groups in total. The molecule has 2 aromatic rings. The molecule has 1 aromatic heterocycles. The fraction of sp³-hybridized carbons (Fsp3) is 0.471. The third-order valence-corrected chi connectivity index (χ3v) is 3.46. The highest BCUT2D eigenvalue weighted by Gasteiger charge is 2.10. The van der Waals surface area contributed by atoms with Crippen LogP contribution in [0.3, 0.4) is 0 Å². The Bertz CT molecular complexity index is 538. The molecule has 0 saturated heterocycles. The van der Waals surface area contributed by atoms with Crippen LogP contribution in [0.2, 0.25) is 0 Å². The van der Waals surface area contributed by atoms with Gasteiger partial charge in [-0.3, -0.25) is 4.68 Å². The van der Waals surface area contributed by atoms with Gasteiger partial charge in [-0.1, -0.05) is 39.3 Å². The van der Waals surface area contributed by atoms with Crippen LogP contribution in [0.5, 0.6) is 0 Å². The van der Waals surface area contributed by atoms with Gasteiger partial charge in [-0.05, 0) is 30.0 Å². The third kappa shape index (κ3) is 3.62. The molecule has 0 radical (unpaired) electrons. The predicted octanol–water partition coefficient (Wildman–Crippen LogP) is 4.11. The number of nitrogens with zero attached hydrogens (tertiary/aromatic N) is 2. The molecule has 0 aliphatic heterocycles. The van der Waals surface area contributed by atoms with Gasteiger partial charge in [-0.15, -0.1) is 0 Å². The van der Waals surface area contributed by atoms with Crippen LogP contribution in [-0.2, 0) is 20.0 Å². The summed E-state index contributed by atoms with van der Waals surface area (Å²) < 4.78 is 1.90. The van der Waals surface area contributed by atoms with Crippen LogP contribution in [0.4, 0.5) is 5.69 Å². The molecule has 2 rings (SSSR count). The molecular formula is C17H25N3. The molecule has 1 aromatic carbocycles. The standard InChI is InChI=1S/C17H25N3/c1-5-6-14-7-9-16(10-8-14)18-11-15-12-20(4)19-17(15)13(2)3/h7-10,12-13,18H,5-6,11H2,1-4H3. The van der Waals surface area contributed by atoms with Crippen molar-refractivity contribution in [2.45, 2.75) is 46.1 Å². The number of hydrogen-bond acceptors (Lipinski definition) is 2. The van der Waals surface area contributed by atoms with E-state index >= 15 is 0 Å². The van der Waals surface area contributed by atoms with Crippen molar-refractivity contribution < 1.29 is 0 Å². The van der Waals surface area contributed by atoms with Crippen LogP contribution >= 0.6 is 0 Å². The van der Waals surface area contributed by atoms with Crippen LogP contribution in [-0.4, -0.2) is 9.78 Å². The first kappa shape index (κ1) is 14.6. The maximum atomic E-state index is 4.54. The van der Waals surface area contributed by atoms with Crippen molar-refractivity contribution in [3.8, 4) is 0 Å². The number of rotatable bonds is 6. The van der Waals surface area contributed by atoms with E-state index in [1.807, 2.05) is 11.7 Å². The second-order valence-corrected chi connectivity index (χ2v) is 5.67. The quantitative estimate of drug-likeness (QED) is 0.857. The van der Waals surface area contributed by atoms with Gasteiger partial charge in [-0.25, -0.2) is 0 Å². The summed E-state index contributed by atoms with van der Waals surface area (Å²) in [6, 6.07) is 8.74. The predicted molar refractivity (Wildman–Crippen MR) is 85.1 cm³/mol. The molecule has 0 fully saturated rings. The van der Waals surface area contributed by atoms with Gasteiger partial charge < -0.3 is 5.32 Å². The highest BCUT2D eigenvalue weighted by molar-refractivity contribution is 5.45. The van der Waals surface area contributed by atoms with E-state index in [2.05, 4.69) is 61.6 Å². The van der Waals surface area contributed by atoms with Crippen LogP contribution in [0.15, 0.2) is 30.5 Å². The fourth-order valence-corrected chi connectivity index (χ4v) is 2.45. The summed E-state index contributed by atoms with van der Waals surface area (Å²) in [4.78, 5) is 0. The minimum atomic E-state index is 0.458. The summed E-state index contributed by atoms with van der Waals surface area (Å²) in [5.41, 5.74) is 5.04. The van der Waals surface area contributed by atoms with E-state index in [4.69, 9.17) is 0 Å². The first-order valence-electron chi connectivity index (χ1n) is 7.45. The molecule has 1 heterocycles. The molecular weight excluding hydrogens is 246 g/mol. The highest BCUT2D eigenvalue weighted by atomic mass is 15.3. The lowest BCUT2D eigenvalue weighted by atomic mass is 10.1. The molecule has 0 unspecified atom stereocenters. The molecule has 0 saturated carbocycles. The Morgan fingerprint density at radius 3 is 2.50 bits per heavy atom. The third-order valence-electron chi connectivity index (χ3n) is 3.46. The number of aromatic nitrogens is 2. The molecule has 0 atom stereocenters. The van der Waals surface area contributed by atoms with Crippen molar-refractivity contribution in [2.24, 2.45) is 7.05 Å². The lowest BCUT2D eigenvalue weighted by Crippen LogP contribution is -2.02. The van der Waals surface area contributed by atoms with Gasteiger partial charge in [-0.2, -0.15) is 5.10 Å². The lowest BCUT2D eigenvalue weighted by Gasteiger charge is -2.09. The van der Waals surface area contributed by atoms with E-state index < -0.39 is 0 Å². The smallest absolute Gasteiger partial charge is 0.0699 e. The average Bonchev–Trinajstić information content (AvgIpc) is 2.80. The van der Waals surface area contributed by atoms with Gasteiger partial charge in [0, 0.05) is 31.0 Å². The monoisotopic (exact) mass is 271 g/mol. The van der Waals surface area contributed by atoms with Crippen LogP contribution in [0, 0.1) is 0 Å². The SMILES string of the molecule is CCCc1ccc(NCc2cn(C)nc2C(C)C)cc1. The zero-order chi connectivity index (χ0) is 14.5. The Kier molecular flexibility index (Phi) is 4.83. The molecule has 0 aliphatic carbocycles. The second kappa shape index (κ2) is 6.60. The van der Waals surface area contributed by atoms with E-state index in [1.54, 1.807) is 0 Å². The molecule has 0 bridgehead atoms. The fourth-order valence-electron chi connectivity index (χ4n) is 2.45. The number of hydrogen-bond donors (Lipinski definition) is 1. The first-order chi connectivity index (χ1) is 9.60. The van der Waals surface area contributed by atoms with E-state index in [0.29, 0.717) is 5.92 Å². The normalized spacial score (nSPS) is 11.1. The van der Waals surface area contributed by atoms with Crippen molar-refractivity contribution in [3.05, 3.63) is 47.3 Å². The minimum Gasteiger partial charge on any atom is -0.381 e. The molecule has 0 aliphatic rings. The van der Waals surface area contributed by atoms with Crippen molar-refractivity contribution in [2.75, 3.05) is 5.32 Å². The Morgan fingerprint density at radius 1 is 1.20 bits per heavy atom. The molecule has 0 amide bonds. The van der Waals surface area contributed by atoms with Gasteiger partial charge in [0.05, 0.1) is 5.69 Å². The van der Waals surface area contributed by atoms with E-state index in [-0.39, 0.29) is 0 Å². The molecule has 20 heavy (non-hydrogen) atoms. The van der Waals surface area contributed by atoms with E-state index in [0.717, 1.165) is 13.0 Å². The van der Waals surface area contributed by atoms with Crippen LogP contribution in [0.1, 0.15) is 49.9 Å². The summed E-state index contributed by atoms with van der Waals surface area (Å²) in [5, 5.41) is 8.02. The minimum absolute atomic E-state index is 0.458. The second-order valence-electron chi connectivity index (χ2n) is 5.67. The molecule has 108 valence electrons. The van der Waals surface area contributed by atoms with Crippen molar-refractivity contribution in [1.29, 1.82) is 0 Å². The number of benzene rings is 1. The van der Waals surface area contributed by atoms with Gasteiger partial charge in [0.25, 0.3) is 0 Å².